The number of aromatic nitrogens is 7. The van der Waals surface area contributed by atoms with Crippen LogP contribution in [0.15, 0.2) is 174 Å². The summed E-state index contributed by atoms with van der Waals surface area (Å²) < 4.78 is 17.7. The highest BCUT2D eigenvalue weighted by Crippen LogP contribution is 2.60. The number of hydrogen-bond acceptors (Lipinski definition) is 10. The lowest BCUT2D eigenvalue weighted by Gasteiger charge is -2.37. The summed E-state index contributed by atoms with van der Waals surface area (Å²) >= 11 is 0. The molecule has 5 atom stereocenters. The van der Waals surface area contributed by atoms with Crippen LogP contribution in [0, 0.1) is 5.92 Å². The number of carbonyl (C=O) groups is 1. The Hall–Kier alpha value is -7.85. The molecule has 6 aromatic carbocycles. The summed E-state index contributed by atoms with van der Waals surface area (Å²) in [5.41, 5.74) is 2.86. The first-order valence-electron chi connectivity index (χ1n) is 23.9. The fraction of sp³-hybridized carbons (Fsp3) is 0.232. The van der Waals surface area contributed by atoms with Crippen LogP contribution in [0.2, 0.25) is 18.6 Å². The molecule has 15 heteroatoms. The lowest BCUT2D eigenvalue weighted by atomic mass is 9.82. The highest BCUT2D eigenvalue weighted by Gasteiger charge is 2.66. The summed E-state index contributed by atoms with van der Waals surface area (Å²) in [6, 6.07) is 46.0. The van der Waals surface area contributed by atoms with E-state index in [-0.39, 0.29) is 47.6 Å². The minimum absolute atomic E-state index is 0.0950. The van der Waals surface area contributed by atoms with Crippen LogP contribution in [0.25, 0.3) is 32.9 Å². The van der Waals surface area contributed by atoms with Gasteiger partial charge >= 0.3 is 0 Å². The molecule has 1 unspecified atom stereocenters. The molecule has 11 rings (SSSR count). The largest absolute Gasteiger partial charge is 0.497 e. The van der Waals surface area contributed by atoms with Crippen molar-refractivity contribution in [2.75, 3.05) is 18.6 Å². The van der Waals surface area contributed by atoms with Crippen molar-refractivity contribution in [3.05, 3.63) is 207 Å². The number of aliphatic hydroxyl groups is 1. The lowest BCUT2D eigenvalue weighted by Crippen LogP contribution is -2.51. The van der Waals surface area contributed by atoms with E-state index in [0.717, 1.165) is 27.6 Å². The predicted molar refractivity (Wildman–Crippen MR) is 275 cm³/mol. The molecule has 2 aliphatic heterocycles. The second-order valence-electron chi connectivity index (χ2n) is 19.2. The number of ether oxygens (including phenoxy) is 2. The van der Waals surface area contributed by atoms with Crippen LogP contribution in [-0.2, 0) is 28.2 Å². The molecule has 0 aliphatic carbocycles. The van der Waals surface area contributed by atoms with Crippen LogP contribution in [0.4, 0.5) is 5.69 Å². The Morgan fingerprint density at radius 1 is 0.761 bits per heavy atom. The minimum atomic E-state index is -2.56. The van der Waals surface area contributed by atoms with E-state index in [2.05, 4.69) is 52.7 Å². The quantitative estimate of drug-likeness (QED) is 0.114. The second kappa shape index (κ2) is 18.2. The number of carbonyl (C=O) groups excluding carboxylic acids is 1. The molecule has 1 amide bonds. The van der Waals surface area contributed by atoms with Crippen molar-refractivity contribution in [1.82, 2.24) is 34.6 Å². The number of aryl methyl sites for hydroxylation is 1. The van der Waals surface area contributed by atoms with E-state index in [1.165, 1.54) is 14.6 Å². The zero-order valence-corrected chi connectivity index (χ0v) is 40.8. The summed E-state index contributed by atoms with van der Waals surface area (Å²) in [5, 5.41) is 32.4. The third-order valence-corrected chi connectivity index (χ3v) is 19.3. The topological polar surface area (TPSA) is 159 Å². The van der Waals surface area contributed by atoms with E-state index in [9.17, 15) is 14.7 Å². The Bertz CT molecular complexity index is 3580. The molecule has 5 heterocycles. The van der Waals surface area contributed by atoms with Gasteiger partial charge in [0.2, 0.25) is 0 Å². The zero-order valence-electron chi connectivity index (χ0n) is 39.8. The first-order valence-corrected chi connectivity index (χ1v) is 27.0. The van der Waals surface area contributed by atoms with Gasteiger partial charge in [-0.15, -0.1) is 5.10 Å². The van der Waals surface area contributed by atoms with Crippen molar-refractivity contribution in [1.29, 1.82) is 0 Å². The zero-order chi connectivity index (χ0) is 49.0. The SMILES string of the molecule is COc1ccc([Si](C)(C)[C@@H]2[C@@H](CCn3cc(C(CO)c4ccccc4)nn3)O[C@]3(C(=O)N(Cc4ccc(-n5ncc6ccccc6c5=O)cc4)c4ccc(-n5ncc6ccccc6c5=O)cc43)[C@H]2C)cc1. The first-order chi connectivity index (χ1) is 34.5. The number of amides is 1. The van der Waals surface area contributed by atoms with Gasteiger partial charge < -0.3 is 19.5 Å². The monoisotopic (exact) mass is 960 g/mol. The molecule has 14 nitrogen and oxygen atoms in total. The van der Waals surface area contributed by atoms with Crippen LogP contribution >= 0.6 is 0 Å². The molecule has 3 aromatic heterocycles. The van der Waals surface area contributed by atoms with Gasteiger partial charge in [-0.05, 0) is 77.7 Å². The summed E-state index contributed by atoms with van der Waals surface area (Å²) in [6.45, 7) is 7.36. The maximum Gasteiger partial charge on any atom is 0.279 e. The maximum absolute atomic E-state index is 15.9. The van der Waals surface area contributed by atoms with Crippen molar-refractivity contribution in [3.63, 3.8) is 0 Å². The van der Waals surface area contributed by atoms with E-state index in [1.54, 1.807) is 41.2 Å². The van der Waals surface area contributed by atoms with Gasteiger partial charge in [-0.25, -0.2) is 0 Å². The summed E-state index contributed by atoms with van der Waals surface area (Å²) in [6.07, 6.45) is 5.35. The third-order valence-electron chi connectivity index (χ3n) is 14.9. The number of hydrogen-bond donors (Lipinski definition) is 1. The van der Waals surface area contributed by atoms with Crippen molar-refractivity contribution < 1.29 is 19.4 Å². The number of aliphatic hydroxyl groups excluding tert-OH is 1. The maximum atomic E-state index is 15.9. The van der Waals surface area contributed by atoms with E-state index in [1.807, 2.05) is 128 Å². The fourth-order valence-corrected chi connectivity index (χ4v) is 15.3. The third kappa shape index (κ3) is 7.77. The number of methoxy groups -OCH3 is 1. The van der Waals surface area contributed by atoms with Gasteiger partial charge in [0.15, 0.2) is 5.60 Å². The van der Waals surface area contributed by atoms with Crippen molar-refractivity contribution >= 4 is 46.4 Å². The molecule has 2 aliphatic rings. The van der Waals surface area contributed by atoms with Gasteiger partial charge in [0.1, 0.15) is 5.75 Å². The summed E-state index contributed by atoms with van der Waals surface area (Å²) in [5.74, 6) is -0.121. The molecule has 0 saturated carbocycles. The molecule has 0 radical (unpaired) electrons. The van der Waals surface area contributed by atoms with Crippen LogP contribution in [0.5, 0.6) is 5.75 Å². The Kier molecular flexibility index (Phi) is 11.7. The molecule has 1 spiro atoms. The number of anilines is 1. The van der Waals surface area contributed by atoms with Crippen LogP contribution in [0.1, 0.15) is 41.6 Å². The van der Waals surface area contributed by atoms with Crippen LogP contribution < -0.4 is 25.9 Å². The molecule has 0 bridgehead atoms. The van der Waals surface area contributed by atoms with Crippen molar-refractivity contribution in [2.24, 2.45) is 5.92 Å². The van der Waals surface area contributed by atoms with Crippen molar-refractivity contribution in [3.8, 4) is 17.1 Å². The first kappa shape index (κ1) is 45.6. The molecule has 1 saturated heterocycles. The number of rotatable bonds is 13. The Labute approximate surface area is 410 Å². The fourth-order valence-electron chi connectivity index (χ4n) is 11.2. The van der Waals surface area contributed by atoms with Gasteiger partial charge in [-0.3, -0.25) is 19.1 Å². The van der Waals surface area contributed by atoms with Gasteiger partial charge in [0.05, 0.1) is 86.3 Å². The predicted octanol–water partition coefficient (Wildman–Crippen LogP) is 7.66. The smallest absolute Gasteiger partial charge is 0.279 e. The average Bonchev–Trinajstić information content (AvgIpc) is 4.06. The second-order valence-corrected chi connectivity index (χ2v) is 23.8. The number of nitrogens with zero attached hydrogens (tertiary/aromatic N) is 8. The van der Waals surface area contributed by atoms with E-state index >= 15 is 4.79 Å². The van der Waals surface area contributed by atoms with E-state index < -0.39 is 19.8 Å². The van der Waals surface area contributed by atoms with Gasteiger partial charge in [-0.2, -0.15) is 19.6 Å². The molecule has 9 aromatic rings. The van der Waals surface area contributed by atoms with Gasteiger partial charge in [-0.1, -0.05) is 121 Å². The Balaban J connectivity index is 0.999. The highest BCUT2D eigenvalue weighted by molar-refractivity contribution is 6.91. The highest BCUT2D eigenvalue weighted by atomic mass is 28.3. The van der Waals surface area contributed by atoms with E-state index in [0.29, 0.717) is 52.1 Å². The summed E-state index contributed by atoms with van der Waals surface area (Å²) in [7, 11) is -0.900. The van der Waals surface area contributed by atoms with Crippen LogP contribution in [0.3, 0.4) is 0 Å². The molecule has 356 valence electrons. The lowest BCUT2D eigenvalue weighted by molar-refractivity contribution is -0.146. The Morgan fingerprint density at radius 3 is 2.03 bits per heavy atom. The summed E-state index contributed by atoms with van der Waals surface area (Å²) in [4.78, 5) is 45.4. The Morgan fingerprint density at radius 2 is 1.38 bits per heavy atom. The van der Waals surface area contributed by atoms with Crippen LogP contribution in [-0.4, -0.2) is 73.5 Å². The van der Waals surface area contributed by atoms with Crippen molar-refractivity contribution in [2.45, 2.75) is 62.7 Å². The molecular weight excluding hydrogens is 909 g/mol. The average molecular weight is 961 g/mol. The van der Waals surface area contributed by atoms with Gasteiger partial charge in [0.25, 0.3) is 17.0 Å². The van der Waals surface area contributed by atoms with Gasteiger partial charge in [0, 0.05) is 35.0 Å². The standard InChI is InChI=1S/C56H52N8O6Si/c1-36-52(71(3,4)44-25-23-43(69-2)24-26-44)51(28-29-61-34-49(59-60-61)47(35-65)38-12-6-5-7-13-38)70-56(36)48-30-42(64-54(67)46-17-11-9-15-40(46)32-58-64)22-27-50(48)62(55(56)68)33-37-18-20-41(21-19-37)63-53(66)45-16-10-8-14-39(45)31-57-63/h5-27,30-32,34,36,47,51-52,65H,28-29,33,35H2,1-4H3/t36-,47?,51+,52-,56+/m0/s1. The normalized spacial score (nSPS) is 19.2. The number of fused-ring (bicyclic) bond motifs is 4. The molecule has 1 N–H and O–H groups in total. The van der Waals surface area contributed by atoms with E-state index in [4.69, 9.17) is 9.47 Å². The molecule has 71 heavy (non-hydrogen) atoms. The molecular formula is C56H52N8O6Si. The number of benzene rings is 6. The minimum Gasteiger partial charge on any atom is -0.497 e. The molecule has 1 fully saturated rings.